The number of fused-ring (bicyclic) bond motifs is 1. The molecule has 0 atom stereocenters. The van der Waals surface area contributed by atoms with Crippen LogP contribution in [0.5, 0.6) is 0 Å². The Morgan fingerprint density at radius 1 is 1.48 bits per heavy atom. The lowest BCUT2D eigenvalue weighted by atomic mass is 9.99. The predicted octanol–water partition coefficient (Wildman–Crippen LogP) is 0.285. The minimum absolute atomic E-state index is 0.0238. The van der Waals surface area contributed by atoms with E-state index in [0.29, 0.717) is 36.1 Å². The van der Waals surface area contributed by atoms with Gasteiger partial charge in [0.15, 0.2) is 5.65 Å². The first-order valence-electron chi connectivity index (χ1n) is 7.48. The lowest BCUT2D eigenvalue weighted by molar-refractivity contribution is 0.0528. The van der Waals surface area contributed by atoms with Crippen molar-refractivity contribution < 1.29 is 14.6 Å². The average Bonchev–Trinajstić information content (AvgIpc) is 2.74. The minimum Gasteiger partial charge on any atom is -0.444 e. The number of aromatic nitrogens is 3. The van der Waals surface area contributed by atoms with Gasteiger partial charge < -0.3 is 19.7 Å². The zero-order valence-corrected chi connectivity index (χ0v) is 13.7. The van der Waals surface area contributed by atoms with Crippen molar-refractivity contribution in [3.05, 3.63) is 18.1 Å². The lowest BCUT2D eigenvalue weighted by Gasteiger charge is -2.19. The Morgan fingerprint density at radius 3 is 2.87 bits per heavy atom. The first-order chi connectivity index (χ1) is 10.8. The smallest absolute Gasteiger partial charge is 0.407 e. The van der Waals surface area contributed by atoms with Crippen molar-refractivity contribution in [2.24, 2.45) is 0 Å². The van der Waals surface area contributed by atoms with Crippen LogP contribution in [0.2, 0.25) is 0 Å². The number of aliphatic hydroxyl groups excluding tert-OH is 1. The molecule has 23 heavy (non-hydrogen) atoms. The molecule has 0 aliphatic rings. The van der Waals surface area contributed by atoms with Gasteiger partial charge in [-0.05, 0) is 26.8 Å². The van der Waals surface area contributed by atoms with Crippen molar-refractivity contribution in [1.82, 2.24) is 19.9 Å². The van der Waals surface area contributed by atoms with Crippen LogP contribution in [0.15, 0.2) is 12.3 Å². The number of hydrogen-bond donors (Lipinski definition) is 2. The van der Waals surface area contributed by atoms with Crippen LogP contribution in [0.1, 0.15) is 26.6 Å². The van der Waals surface area contributed by atoms with Gasteiger partial charge in [-0.1, -0.05) is 5.46 Å². The summed E-state index contributed by atoms with van der Waals surface area (Å²) in [7, 11) is 5.72. The third kappa shape index (κ3) is 4.69. The minimum atomic E-state index is -0.532. The largest absolute Gasteiger partial charge is 0.444 e. The number of alkyl carbamates (subject to hydrolysis) is 1. The van der Waals surface area contributed by atoms with Gasteiger partial charge in [-0.2, -0.15) is 0 Å². The SMILES string of the molecule is [B]c1cnc2c(c1)nc(CCNC(=O)OC(C)(C)C)n2CCO. The van der Waals surface area contributed by atoms with Gasteiger partial charge in [0, 0.05) is 25.7 Å². The molecule has 122 valence electrons. The van der Waals surface area contributed by atoms with E-state index in [0.717, 1.165) is 5.82 Å². The van der Waals surface area contributed by atoms with Gasteiger partial charge in [-0.15, -0.1) is 0 Å². The Kier molecular flexibility index (Phi) is 5.25. The molecule has 0 saturated carbocycles. The summed E-state index contributed by atoms with van der Waals surface area (Å²) in [5.74, 6) is 0.725. The average molecular weight is 316 g/mol. The summed E-state index contributed by atoms with van der Waals surface area (Å²) in [5, 5.41) is 11.9. The Morgan fingerprint density at radius 2 is 2.22 bits per heavy atom. The van der Waals surface area contributed by atoms with Crippen molar-refractivity contribution in [1.29, 1.82) is 0 Å². The molecule has 7 nitrogen and oxygen atoms in total. The van der Waals surface area contributed by atoms with Crippen LogP contribution in [-0.2, 0) is 17.7 Å². The van der Waals surface area contributed by atoms with Crippen molar-refractivity contribution in [3.63, 3.8) is 0 Å². The molecule has 2 heterocycles. The zero-order valence-electron chi connectivity index (χ0n) is 13.7. The third-order valence-corrected chi connectivity index (χ3v) is 3.03. The second kappa shape index (κ2) is 7.00. The first-order valence-corrected chi connectivity index (χ1v) is 7.48. The van der Waals surface area contributed by atoms with E-state index in [1.807, 2.05) is 25.3 Å². The van der Waals surface area contributed by atoms with Gasteiger partial charge in [0.05, 0.1) is 6.61 Å². The maximum absolute atomic E-state index is 11.6. The number of hydrogen-bond acceptors (Lipinski definition) is 5. The fraction of sp³-hybridized carbons (Fsp3) is 0.533. The van der Waals surface area contributed by atoms with E-state index < -0.39 is 11.7 Å². The Bertz CT molecular complexity index is 694. The number of ether oxygens (including phenoxy) is 1. The summed E-state index contributed by atoms with van der Waals surface area (Å²) < 4.78 is 7.01. The summed E-state index contributed by atoms with van der Waals surface area (Å²) >= 11 is 0. The molecule has 1 amide bonds. The van der Waals surface area contributed by atoms with E-state index >= 15 is 0 Å². The maximum atomic E-state index is 11.6. The predicted molar refractivity (Wildman–Crippen MR) is 87.9 cm³/mol. The summed E-state index contributed by atoms with van der Waals surface area (Å²) in [6.07, 6.45) is 1.58. The van der Waals surface area contributed by atoms with E-state index in [4.69, 9.17) is 12.6 Å². The van der Waals surface area contributed by atoms with E-state index in [1.54, 1.807) is 12.3 Å². The number of rotatable bonds is 5. The number of aliphatic hydroxyl groups is 1. The molecule has 0 bridgehead atoms. The van der Waals surface area contributed by atoms with Crippen LogP contribution in [0.4, 0.5) is 4.79 Å². The topological polar surface area (TPSA) is 89.3 Å². The molecular formula is C15H21BN4O3. The molecule has 0 aromatic carbocycles. The summed E-state index contributed by atoms with van der Waals surface area (Å²) in [5.41, 5.74) is 1.34. The highest BCUT2D eigenvalue weighted by molar-refractivity contribution is 6.32. The van der Waals surface area contributed by atoms with Crippen molar-refractivity contribution >= 4 is 30.6 Å². The van der Waals surface area contributed by atoms with Crippen molar-refractivity contribution in [2.45, 2.75) is 39.3 Å². The zero-order chi connectivity index (χ0) is 17.0. The number of amides is 1. The molecule has 2 aromatic heterocycles. The van der Waals surface area contributed by atoms with Gasteiger partial charge in [-0.3, -0.25) is 0 Å². The van der Waals surface area contributed by atoms with Gasteiger partial charge in [0.1, 0.15) is 24.8 Å². The summed E-state index contributed by atoms with van der Waals surface area (Å²) in [6.45, 7) is 6.16. The number of carbonyl (C=O) groups is 1. The maximum Gasteiger partial charge on any atom is 0.407 e. The molecule has 0 unspecified atom stereocenters. The fourth-order valence-electron chi connectivity index (χ4n) is 2.19. The van der Waals surface area contributed by atoms with Crippen molar-refractivity contribution in [3.8, 4) is 0 Å². The van der Waals surface area contributed by atoms with Gasteiger partial charge in [0.25, 0.3) is 0 Å². The quantitative estimate of drug-likeness (QED) is 0.774. The van der Waals surface area contributed by atoms with Crippen LogP contribution in [0, 0.1) is 0 Å². The monoisotopic (exact) mass is 316 g/mol. The Labute approximate surface area is 136 Å². The number of carbonyl (C=O) groups excluding carboxylic acids is 1. The van der Waals surface area contributed by atoms with Crippen LogP contribution in [-0.4, -0.2) is 52.3 Å². The highest BCUT2D eigenvalue weighted by Crippen LogP contribution is 2.13. The molecule has 0 fully saturated rings. The molecule has 0 aliphatic heterocycles. The normalized spacial score (nSPS) is 11.7. The standard InChI is InChI=1S/C15H21BN4O3/c1-15(2,3)23-14(22)17-5-4-12-19-11-8-10(16)9-18-13(11)20(12)6-7-21/h8-9,21H,4-7H2,1-3H3,(H,17,22). The highest BCUT2D eigenvalue weighted by atomic mass is 16.6. The molecule has 2 radical (unpaired) electrons. The van der Waals surface area contributed by atoms with Gasteiger partial charge >= 0.3 is 6.09 Å². The summed E-state index contributed by atoms with van der Waals surface area (Å²) in [4.78, 5) is 20.4. The van der Waals surface area contributed by atoms with Gasteiger partial charge in [0.2, 0.25) is 0 Å². The molecule has 2 aromatic rings. The summed E-state index contributed by atoms with van der Waals surface area (Å²) in [6, 6.07) is 1.74. The van der Waals surface area contributed by atoms with E-state index in [2.05, 4.69) is 15.3 Å². The molecule has 2 N–H and O–H groups in total. The van der Waals surface area contributed by atoms with Gasteiger partial charge in [-0.25, -0.2) is 14.8 Å². The second-order valence-electron chi connectivity index (χ2n) is 6.19. The molecule has 2 rings (SSSR count). The second-order valence-corrected chi connectivity index (χ2v) is 6.19. The highest BCUT2D eigenvalue weighted by Gasteiger charge is 2.16. The number of imidazole rings is 1. The number of pyridine rings is 1. The molecule has 8 heteroatoms. The van der Waals surface area contributed by atoms with Crippen LogP contribution >= 0.6 is 0 Å². The third-order valence-electron chi connectivity index (χ3n) is 3.03. The first kappa shape index (κ1) is 17.3. The molecule has 0 spiro atoms. The van der Waals surface area contributed by atoms with E-state index in [9.17, 15) is 9.90 Å². The molecule has 0 aliphatic carbocycles. The molecule has 0 saturated heterocycles. The lowest BCUT2D eigenvalue weighted by Crippen LogP contribution is -2.33. The van der Waals surface area contributed by atoms with Crippen LogP contribution in [0.3, 0.4) is 0 Å². The van der Waals surface area contributed by atoms with E-state index in [-0.39, 0.29) is 6.61 Å². The Balaban J connectivity index is 2.07. The molecular weight excluding hydrogens is 295 g/mol. The number of nitrogens with one attached hydrogen (secondary N) is 1. The Hall–Kier alpha value is -2.09. The van der Waals surface area contributed by atoms with Crippen molar-refractivity contribution in [2.75, 3.05) is 13.2 Å². The van der Waals surface area contributed by atoms with Crippen LogP contribution < -0.4 is 10.8 Å². The van der Waals surface area contributed by atoms with Crippen LogP contribution in [0.25, 0.3) is 11.2 Å². The van der Waals surface area contributed by atoms with E-state index in [1.165, 1.54) is 0 Å². The number of nitrogens with zero attached hydrogens (tertiary/aromatic N) is 3. The fourth-order valence-corrected chi connectivity index (χ4v) is 2.19.